The van der Waals surface area contributed by atoms with Crippen molar-refractivity contribution in [2.75, 3.05) is 13.2 Å². The van der Waals surface area contributed by atoms with Crippen LogP contribution in [-0.4, -0.2) is 35.0 Å². The summed E-state index contributed by atoms with van der Waals surface area (Å²) in [5.41, 5.74) is 4.06. The van der Waals surface area contributed by atoms with Crippen LogP contribution >= 0.6 is 0 Å². The standard InChI is InChI=1S/C28H25FN2O4/c29-26-17-31(16-21-3-7-24(8-4-21)28(35)19-33)14-11-25(26)22-9-12-30(13-10-22)15-20-1-5-23(6-2-20)27(34)18-32/h1-14,17,32-33H,15-16,18-19H2/q+2. The van der Waals surface area contributed by atoms with E-state index >= 15 is 0 Å². The molecule has 2 heterocycles. The molecular formula is C28H25FN2O4+2. The second-order valence-corrected chi connectivity index (χ2v) is 8.19. The Balaban J connectivity index is 1.43. The van der Waals surface area contributed by atoms with Gasteiger partial charge in [0.05, 0.1) is 0 Å². The summed E-state index contributed by atoms with van der Waals surface area (Å²) in [4.78, 5) is 23.1. The minimum absolute atomic E-state index is 0.313. The Morgan fingerprint density at radius 3 is 1.57 bits per heavy atom. The van der Waals surface area contributed by atoms with Crippen LogP contribution in [0.3, 0.4) is 0 Å². The highest BCUT2D eigenvalue weighted by Crippen LogP contribution is 2.20. The van der Waals surface area contributed by atoms with Crippen LogP contribution in [0.25, 0.3) is 11.1 Å². The molecule has 35 heavy (non-hydrogen) atoms. The fraction of sp³-hybridized carbons (Fsp3) is 0.143. The molecule has 2 aromatic carbocycles. The van der Waals surface area contributed by atoms with E-state index in [1.807, 2.05) is 47.4 Å². The number of pyridine rings is 2. The van der Waals surface area contributed by atoms with E-state index < -0.39 is 13.2 Å². The zero-order valence-corrected chi connectivity index (χ0v) is 19.0. The Labute approximate surface area is 202 Å². The Morgan fingerprint density at radius 2 is 1.11 bits per heavy atom. The molecule has 0 amide bonds. The highest BCUT2D eigenvalue weighted by atomic mass is 19.1. The third-order valence-electron chi connectivity index (χ3n) is 5.74. The van der Waals surface area contributed by atoms with Crippen LogP contribution in [0.15, 0.2) is 91.5 Å². The van der Waals surface area contributed by atoms with E-state index in [1.54, 1.807) is 47.0 Å². The average molecular weight is 473 g/mol. The molecular weight excluding hydrogens is 447 g/mol. The van der Waals surface area contributed by atoms with Crippen LogP contribution in [0.5, 0.6) is 0 Å². The summed E-state index contributed by atoms with van der Waals surface area (Å²) in [6.45, 7) is 0.00332. The number of hydrogen-bond acceptors (Lipinski definition) is 4. The summed E-state index contributed by atoms with van der Waals surface area (Å²) in [7, 11) is 0. The fourth-order valence-corrected chi connectivity index (χ4v) is 3.78. The number of hydrogen-bond donors (Lipinski definition) is 2. The van der Waals surface area contributed by atoms with Crippen molar-refractivity contribution in [3.05, 3.63) is 120 Å². The number of aromatic nitrogens is 2. The van der Waals surface area contributed by atoms with Gasteiger partial charge in [0.25, 0.3) is 0 Å². The Kier molecular flexibility index (Phi) is 7.50. The van der Waals surface area contributed by atoms with Gasteiger partial charge < -0.3 is 10.2 Å². The van der Waals surface area contributed by atoms with E-state index in [2.05, 4.69) is 0 Å². The predicted molar refractivity (Wildman–Crippen MR) is 126 cm³/mol. The Hall–Kier alpha value is -4.07. The number of carbonyl (C=O) groups is 2. The zero-order valence-electron chi connectivity index (χ0n) is 19.0. The lowest BCUT2D eigenvalue weighted by molar-refractivity contribution is -0.689. The first kappa shape index (κ1) is 24.1. The average Bonchev–Trinajstić information content (AvgIpc) is 2.89. The van der Waals surface area contributed by atoms with Gasteiger partial charge in [-0.25, -0.2) is 4.57 Å². The van der Waals surface area contributed by atoms with Crippen molar-refractivity contribution in [1.29, 1.82) is 0 Å². The maximum absolute atomic E-state index is 14.9. The van der Waals surface area contributed by atoms with Crippen LogP contribution in [0.2, 0.25) is 0 Å². The number of carbonyl (C=O) groups excluding carboxylic acids is 2. The molecule has 0 saturated heterocycles. The second-order valence-electron chi connectivity index (χ2n) is 8.19. The van der Waals surface area contributed by atoms with Gasteiger partial charge in [0.15, 0.2) is 49.1 Å². The first-order valence-electron chi connectivity index (χ1n) is 11.1. The summed E-state index contributed by atoms with van der Waals surface area (Å²) in [5.74, 6) is -0.995. The smallest absolute Gasteiger partial charge is 0.205 e. The normalized spacial score (nSPS) is 10.8. The number of aliphatic hydroxyl groups is 2. The van der Waals surface area contributed by atoms with E-state index in [4.69, 9.17) is 10.2 Å². The monoisotopic (exact) mass is 472 g/mol. The van der Waals surface area contributed by atoms with Crippen molar-refractivity contribution in [2.24, 2.45) is 0 Å². The number of benzene rings is 2. The Morgan fingerprint density at radius 1 is 0.657 bits per heavy atom. The van der Waals surface area contributed by atoms with Crippen molar-refractivity contribution in [3.8, 4) is 11.1 Å². The van der Waals surface area contributed by atoms with Crippen LogP contribution in [0, 0.1) is 5.82 Å². The predicted octanol–water partition coefficient (Wildman–Crippen LogP) is 2.51. The summed E-state index contributed by atoms with van der Waals surface area (Å²) in [5, 5.41) is 17.9. The molecule has 2 aromatic heterocycles. The van der Waals surface area contributed by atoms with Crippen molar-refractivity contribution in [2.45, 2.75) is 13.1 Å². The van der Waals surface area contributed by atoms with Gasteiger partial charge in [-0.15, -0.1) is 0 Å². The van der Waals surface area contributed by atoms with Gasteiger partial charge in [0.1, 0.15) is 13.2 Å². The van der Waals surface area contributed by atoms with Gasteiger partial charge in [-0.2, -0.15) is 8.96 Å². The van der Waals surface area contributed by atoms with Crippen molar-refractivity contribution >= 4 is 11.6 Å². The molecule has 6 nitrogen and oxygen atoms in total. The number of halogens is 1. The molecule has 4 rings (SSSR count). The molecule has 176 valence electrons. The van der Waals surface area contributed by atoms with Crippen LogP contribution in [0.1, 0.15) is 31.8 Å². The number of aliphatic hydroxyl groups excluding tert-OH is 2. The molecule has 0 aliphatic rings. The lowest BCUT2D eigenvalue weighted by atomic mass is 10.1. The third kappa shape index (κ3) is 5.90. The van der Waals surface area contributed by atoms with Gasteiger partial charge in [0.2, 0.25) is 6.20 Å². The van der Waals surface area contributed by atoms with E-state index in [0.29, 0.717) is 29.8 Å². The largest absolute Gasteiger partial charge is 0.388 e. The molecule has 0 bridgehead atoms. The quantitative estimate of drug-likeness (QED) is 0.290. The maximum Gasteiger partial charge on any atom is 0.205 e. The second kappa shape index (κ2) is 10.9. The molecule has 0 unspecified atom stereocenters. The molecule has 0 saturated carbocycles. The minimum atomic E-state index is -0.527. The van der Waals surface area contributed by atoms with Crippen LogP contribution in [-0.2, 0) is 13.1 Å². The topological polar surface area (TPSA) is 82.4 Å². The van der Waals surface area contributed by atoms with Crippen LogP contribution in [0.4, 0.5) is 4.39 Å². The first-order chi connectivity index (χ1) is 17.0. The molecule has 0 radical (unpaired) electrons. The lowest BCUT2D eigenvalue weighted by Gasteiger charge is -2.05. The molecule has 0 fully saturated rings. The summed E-state index contributed by atoms with van der Waals surface area (Å²) in [6, 6.07) is 19.4. The van der Waals surface area contributed by atoms with E-state index in [-0.39, 0.29) is 17.4 Å². The molecule has 0 atom stereocenters. The van der Waals surface area contributed by atoms with E-state index in [9.17, 15) is 14.0 Å². The Bertz CT molecular complexity index is 1340. The molecule has 2 N–H and O–H groups in total. The van der Waals surface area contributed by atoms with E-state index in [0.717, 1.165) is 16.7 Å². The van der Waals surface area contributed by atoms with Crippen molar-refractivity contribution < 1.29 is 33.3 Å². The van der Waals surface area contributed by atoms with Gasteiger partial charge in [-0.1, -0.05) is 48.5 Å². The summed E-state index contributed by atoms with van der Waals surface area (Å²) >= 11 is 0. The number of rotatable bonds is 9. The first-order valence-corrected chi connectivity index (χ1v) is 11.1. The zero-order chi connectivity index (χ0) is 24.8. The van der Waals surface area contributed by atoms with Crippen LogP contribution < -0.4 is 9.13 Å². The van der Waals surface area contributed by atoms with Gasteiger partial charge in [-0.05, 0) is 5.56 Å². The minimum Gasteiger partial charge on any atom is -0.388 e. The highest BCUT2D eigenvalue weighted by molar-refractivity contribution is 5.97. The summed E-state index contributed by atoms with van der Waals surface area (Å²) < 4.78 is 18.6. The molecule has 0 aliphatic carbocycles. The molecule has 0 aliphatic heterocycles. The number of nitrogens with zero attached hydrogens (tertiary/aromatic N) is 2. The number of ketones is 2. The number of Topliss-reactive ketones (excluding diaryl/α,β-unsaturated/α-hetero) is 2. The summed E-state index contributed by atoms with van der Waals surface area (Å²) in [6.07, 6.45) is 7.00. The third-order valence-corrected chi connectivity index (χ3v) is 5.74. The molecule has 7 heteroatoms. The fourth-order valence-electron chi connectivity index (χ4n) is 3.78. The maximum atomic E-state index is 14.9. The van der Waals surface area contributed by atoms with Gasteiger partial charge in [-0.3, -0.25) is 9.59 Å². The highest BCUT2D eigenvalue weighted by Gasteiger charge is 2.14. The van der Waals surface area contributed by atoms with E-state index in [1.165, 1.54) is 6.20 Å². The SMILES string of the molecule is O=C(CO)c1ccc(C[n+]2ccc(-c3cc[n+](Cc4ccc(C(=O)CO)cc4)cc3F)cc2)cc1. The van der Waals surface area contributed by atoms with Gasteiger partial charge in [0, 0.05) is 46.0 Å². The molecule has 0 spiro atoms. The van der Waals surface area contributed by atoms with Crippen molar-refractivity contribution in [3.63, 3.8) is 0 Å². The molecule has 4 aromatic rings. The lowest BCUT2D eigenvalue weighted by Crippen LogP contribution is -2.34. The van der Waals surface area contributed by atoms with Gasteiger partial charge >= 0.3 is 0 Å². The van der Waals surface area contributed by atoms with Crippen molar-refractivity contribution in [1.82, 2.24) is 0 Å².